The number of hydrogen-bond donors (Lipinski definition) is 1. The van der Waals surface area contributed by atoms with Crippen molar-refractivity contribution in [1.29, 1.82) is 0 Å². The highest BCUT2D eigenvalue weighted by Gasteiger charge is 2.16. The Morgan fingerprint density at radius 3 is 2.68 bits per heavy atom. The van der Waals surface area contributed by atoms with Crippen LogP contribution in [0.2, 0.25) is 0 Å². The number of methoxy groups -OCH3 is 2. The first-order valence-corrected chi connectivity index (χ1v) is 7.02. The molecule has 1 rings (SSSR count). The van der Waals surface area contributed by atoms with Gasteiger partial charge < -0.3 is 19.9 Å². The molecule has 0 amide bonds. The first-order valence-electron chi connectivity index (χ1n) is 6.23. The first-order chi connectivity index (χ1) is 9.20. The summed E-state index contributed by atoms with van der Waals surface area (Å²) in [5, 5.41) is 4.28. The fraction of sp³-hybridized carbons (Fsp3) is 0.750. The minimum Gasteiger partial charge on any atom is -0.383 e. The summed E-state index contributed by atoms with van der Waals surface area (Å²) in [4.78, 5) is 0. The summed E-state index contributed by atoms with van der Waals surface area (Å²) in [5.41, 5.74) is 7.16. The van der Waals surface area contributed by atoms with E-state index in [1.807, 2.05) is 4.68 Å². The molecule has 0 fully saturated rings. The van der Waals surface area contributed by atoms with Crippen LogP contribution in [0.15, 0.2) is 10.7 Å². The van der Waals surface area contributed by atoms with Gasteiger partial charge in [-0.2, -0.15) is 5.10 Å². The molecule has 6 nitrogen and oxygen atoms in total. The zero-order chi connectivity index (χ0) is 14.1. The van der Waals surface area contributed by atoms with Crippen LogP contribution in [-0.2, 0) is 20.8 Å². The molecule has 19 heavy (non-hydrogen) atoms. The zero-order valence-corrected chi connectivity index (χ0v) is 13.1. The minimum atomic E-state index is -0.115. The molecule has 0 aromatic carbocycles. The lowest BCUT2D eigenvalue weighted by Crippen LogP contribution is -2.20. The molecule has 1 unspecified atom stereocenters. The van der Waals surface area contributed by atoms with Crippen LogP contribution in [0.3, 0.4) is 0 Å². The maximum Gasteiger partial charge on any atom is 0.0700 e. The molecule has 0 aliphatic heterocycles. The highest BCUT2D eigenvalue weighted by molar-refractivity contribution is 9.10. The van der Waals surface area contributed by atoms with Crippen LogP contribution in [-0.4, -0.2) is 50.4 Å². The molecule has 2 N–H and O–H groups in total. The standard InChI is InChI=1S/C12H22BrN3O3/c1-17-6-4-16-12(10(13)9-15-16)11(14)3-5-19-8-7-18-2/h9,11H,3-8,14H2,1-2H3. The highest BCUT2D eigenvalue weighted by Crippen LogP contribution is 2.23. The fourth-order valence-electron chi connectivity index (χ4n) is 1.69. The van der Waals surface area contributed by atoms with Crippen LogP contribution in [0.1, 0.15) is 18.2 Å². The second-order valence-electron chi connectivity index (χ2n) is 4.09. The molecule has 0 saturated carbocycles. The highest BCUT2D eigenvalue weighted by atomic mass is 79.9. The molecule has 1 aromatic heterocycles. The predicted molar refractivity (Wildman–Crippen MR) is 76.0 cm³/mol. The van der Waals surface area contributed by atoms with Gasteiger partial charge in [0.25, 0.3) is 0 Å². The third-order valence-corrected chi connectivity index (χ3v) is 3.31. The van der Waals surface area contributed by atoms with E-state index in [0.29, 0.717) is 33.0 Å². The molecule has 0 saturated heterocycles. The largest absolute Gasteiger partial charge is 0.383 e. The normalized spacial score (nSPS) is 12.8. The Labute approximate surface area is 122 Å². The number of rotatable bonds is 10. The van der Waals surface area contributed by atoms with Gasteiger partial charge in [0.2, 0.25) is 0 Å². The molecule has 1 aromatic rings. The molecule has 0 aliphatic rings. The smallest absolute Gasteiger partial charge is 0.0700 e. The molecular weight excluding hydrogens is 314 g/mol. The fourth-order valence-corrected chi connectivity index (χ4v) is 2.28. The Kier molecular flexibility index (Phi) is 8.24. The maximum absolute atomic E-state index is 6.18. The SMILES string of the molecule is COCCOCCC(N)c1c(Br)cnn1CCOC. The molecular formula is C12H22BrN3O3. The van der Waals surface area contributed by atoms with Crippen molar-refractivity contribution in [3.8, 4) is 0 Å². The van der Waals surface area contributed by atoms with E-state index >= 15 is 0 Å². The Balaban J connectivity index is 2.46. The lowest BCUT2D eigenvalue weighted by Gasteiger charge is -2.15. The molecule has 1 atom stereocenters. The lowest BCUT2D eigenvalue weighted by atomic mass is 10.1. The Morgan fingerprint density at radius 2 is 2.00 bits per heavy atom. The van der Waals surface area contributed by atoms with Crippen molar-refractivity contribution in [3.05, 3.63) is 16.4 Å². The van der Waals surface area contributed by atoms with Gasteiger partial charge in [0, 0.05) is 20.8 Å². The molecule has 0 radical (unpaired) electrons. The number of hydrogen-bond acceptors (Lipinski definition) is 5. The molecule has 1 heterocycles. The first kappa shape index (κ1) is 16.6. The third kappa shape index (κ3) is 5.58. The van der Waals surface area contributed by atoms with Crippen molar-refractivity contribution in [1.82, 2.24) is 9.78 Å². The van der Waals surface area contributed by atoms with E-state index < -0.39 is 0 Å². The predicted octanol–water partition coefficient (Wildman–Crippen LogP) is 1.34. The van der Waals surface area contributed by atoms with E-state index in [1.165, 1.54) is 0 Å². The number of halogens is 1. The van der Waals surface area contributed by atoms with Crippen molar-refractivity contribution < 1.29 is 14.2 Å². The maximum atomic E-state index is 6.18. The average Bonchev–Trinajstić information content (AvgIpc) is 2.77. The van der Waals surface area contributed by atoms with Crippen molar-refractivity contribution >= 4 is 15.9 Å². The number of ether oxygens (including phenoxy) is 3. The monoisotopic (exact) mass is 335 g/mol. The zero-order valence-electron chi connectivity index (χ0n) is 11.5. The van der Waals surface area contributed by atoms with Gasteiger partial charge >= 0.3 is 0 Å². The van der Waals surface area contributed by atoms with Crippen molar-refractivity contribution in [2.45, 2.75) is 19.0 Å². The molecule has 0 bridgehead atoms. The van der Waals surface area contributed by atoms with Gasteiger partial charge in [-0.3, -0.25) is 4.68 Å². The third-order valence-electron chi connectivity index (χ3n) is 2.70. The lowest BCUT2D eigenvalue weighted by molar-refractivity contribution is 0.0668. The molecule has 0 aliphatic carbocycles. The second kappa shape index (κ2) is 9.44. The summed E-state index contributed by atoms with van der Waals surface area (Å²) in [6, 6.07) is -0.115. The van der Waals surface area contributed by atoms with Crippen LogP contribution in [0, 0.1) is 0 Å². The van der Waals surface area contributed by atoms with Crippen LogP contribution in [0.4, 0.5) is 0 Å². The van der Waals surface area contributed by atoms with Gasteiger partial charge in [-0.15, -0.1) is 0 Å². The van der Waals surface area contributed by atoms with Gasteiger partial charge in [0.15, 0.2) is 0 Å². The summed E-state index contributed by atoms with van der Waals surface area (Å²) < 4.78 is 18.2. The van der Waals surface area contributed by atoms with Crippen LogP contribution in [0.25, 0.3) is 0 Å². The Hall–Kier alpha value is -0.470. The summed E-state index contributed by atoms with van der Waals surface area (Å²) in [7, 11) is 3.32. The van der Waals surface area contributed by atoms with E-state index in [9.17, 15) is 0 Å². The average molecular weight is 336 g/mol. The summed E-state index contributed by atoms with van der Waals surface area (Å²) in [5.74, 6) is 0. The van der Waals surface area contributed by atoms with Gasteiger partial charge in [-0.25, -0.2) is 0 Å². The van der Waals surface area contributed by atoms with Crippen LogP contribution >= 0.6 is 15.9 Å². The van der Waals surface area contributed by atoms with E-state index in [4.69, 9.17) is 19.9 Å². The quantitative estimate of drug-likeness (QED) is 0.653. The van der Waals surface area contributed by atoms with Gasteiger partial charge in [0.05, 0.1) is 48.8 Å². The number of nitrogens with two attached hydrogens (primary N) is 1. The van der Waals surface area contributed by atoms with Gasteiger partial charge in [-0.1, -0.05) is 0 Å². The number of aromatic nitrogens is 2. The second-order valence-corrected chi connectivity index (χ2v) is 4.95. The topological polar surface area (TPSA) is 71.5 Å². The van der Waals surface area contributed by atoms with E-state index in [-0.39, 0.29) is 6.04 Å². The molecule has 0 spiro atoms. The van der Waals surface area contributed by atoms with E-state index in [2.05, 4.69) is 21.0 Å². The Bertz CT molecular complexity index is 360. The van der Waals surface area contributed by atoms with Gasteiger partial charge in [0.1, 0.15) is 0 Å². The van der Waals surface area contributed by atoms with E-state index in [0.717, 1.165) is 16.6 Å². The van der Waals surface area contributed by atoms with Crippen molar-refractivity contribution in [3.63, 3.8) is 0 Å². The minimum absolute atomic E-state index is 0.115. The summed E-state index contributed by atoms with van der Waals surface area (Å²) in [6.07, 6.45) is 2.50. The molecule has 110 valence electrons. The summed E-state index contributed by atoms with van der Waals surface area (Å²) in [6.45, 7) is 3.10. The van der Waals surface area contributed by atoms with Gasteiger partial charge in [-0.05, 0) is 22.4 Å². The van der Waals surface area contributed by atoms with Crippen molar-refractivity contribution in [2.75, 3.05) is 40.6 Å². The Morgan fingerprint density at radius 1 is 1.26 bits per heavy atom. The van der Waals surface area contributed by atoms with Crippen LogP contribution < -0.4 is 5.73 Å². The number of nitrogens with zero attached hydrogens (tertiary/aromatic N) is 2. The van der Waals surface area contributed by atoms with Crippen LogP contribution in [0.5, 0.6) is 0 Å². The molecule has 7 heteroatoms. The van der Waals surface area contributed by atoms with E-state index in [1.54, 1.807) is 20.4 Å². The van der Waals surface area contributed by atoms with Crippen molar-refractivity contribution in [2.24, 2.45) is 5.73 Å². The summed E-state index contributed by atoms with van der Waals surface area (Å²) >= 11 is 3.48.